The molecule has 2 aromatic rings. The molecule has 23 heavy (non-hydrogen) atoms. The number of carbonyl (C=O) groups excluding carboxylic acids is 1. The van der Waals surface area contributed by atoms with Crippen molar-refractivity contribution >= 4 is 29.3 Å². The number of amides is 1. The third-order valence-corrected chi connectivity index (χ3v) is 4.12. The van der Waals surface area contributed by atoms with Crippen molar-refractivity contribution < 1.29 is 19.1 Å². The normalized spacial score (nSPS) is 10.5. The molecule has 6 nitrogen and oxygen atoms in total. The van der Waals surface area contributed by atoms with Gasteiger partial charge in [-0.25, -0.2) is 4.98 Å². The number of aliphatic carboxylic acids is 1. The SMILES string of the molecule is CCc1ocnc1C(=O)Nc1cccc(CSCCC(=O)O)c1. The summed E-state index contributed by atoms with van der Waals surface area (Å²) in [6.45, 7) is 1.90. The summed E-state index contributed by atoms with van der Waals surface area (Å²) in [4.78, 5) is 26.6. The summed E-state index contributed by atoms with van der Waals surface area (Å²) >= 11 is 1.55. The average molecular weight is 334 g/mol. The maximum atomic E-state index is 12.2. The van der Waals surface area contributed by atoms with Gasteiger partial charge in [-0.1, -0.05) is 19.1 Å². The lowest BCUT2D eigenvalue weighted by molar-refractivity contribution is -0.136. The highest BCUT2D eigenvalue weighted by molar-refractivity contribution is 7.98. The van der Waals surface area contributed by atoms with Gasteiger partial charge in [0.05, 0.1) is 6.42 Å². The minimum Gasteiger partial charge on any atom is -0.481 e. The number of nitrogens with zero attached hydrogens (tertiary/aromatic N) is 1. The molecule has 0 unspecified atom stereocenters. The first-order valence-corrected chi connectivity index (χ1v) is 8.37. The van der Waals surface area contributed by atoms with Crippen molar-refractivity contribution in [2.24, 2.45) is 0 Å². The highest BCUT2D eigenvalue weighted by Gasteiger charge is 2.15. The Hall–Kier alpha value is -2.28. The number of thioether (sulfide) groups is 1. The van der Waals surface area contributed by atoms with Crippen molar-refractivity contribution in [2.45, 2.75) is 25.5 Å². The number of carbonyl (C=O) groups is 2. The van der Waals surface area contributed by atoms with Gasteiger partial charge in [0.1, 0.15) is 5.76 Å². The van der Waals surface area contributed by atoms with E-state index in [1.807, 2.05) is 25.1 Å². The van der Waals surface area contributed by atoms with Crippen LogP contribution in [-0.2, 0) is 17.0 Å². The van der Waals surface area contributed by atoms with E-state index in [-0.39, 0.29) is 12.3 Å². The van der Waals surface area contributed by atoms with Crippen molar-refractivity contribution in [3.05, 3.63) is 47.7 Å². The molecule has 2 rings (SSSR count). The van der Waals surface area contributed by atoms with Gasteiger partial charge in [0.2, 0.25) is 0 Å². The van der Waals surface area contributed by atoms with E-state index in [1.165, 1.54) is 6.39 Å². The zero-order chi connectivity index (χ0) is 16.7. The number of hydrogen-bond donors (Lipinski definition) is 2. The number of benzene rings is 1. The summed E-state index contributed by atoms with van der Waals surface area (Å²) in [6.07, 6.45) is 2.01. The van der Waals surface area contributed by atoms with Crippen LogP contribution in [0.25, 0.3) is 0 Å². The largest absolute Gasteiger partial charge is 0.481 e. The predicted octanol–water partition coefficient (Wildman–Crippen LogP) is 3.20. The van der Waals surface area contributed by atoms with Crippen molar-refractivity contribution in [1.82, 2.24) is 4.98 Å². The lowest BCUT2D eigenvalue weighted by Gasteiger charge is -2.07. The van der Waals surface area contributed by atoms with Crippen LogP contribution in [0, 0.1) is 0 Å². The van der Waals surface area contributed by atoms with Gasteiger partial charge < -0.3 is 14.8 Å². The summed E-state index contributed by atoms with van der Waals surface area (Å²) in [5.74, 6) is 0.721. The lowest BCUT2D eigenvalue weighted by Crippen LogP contribution is -2.14. The molecule has 1 aromatic heterocycles. The smallest absolute Gasteiger partial charge is 0.304 e. The van der Waals surface area contributed by atoms with Crippen molar-refractivity contribution in [3.63, 3.8) is 0 Å². The predicted molar refractivity (Wildman–Crippen MR) is 88.7 cm³/mol. The number of carboxylic acids is 1. The molecule has 0 saturated heterocycles. The number of anilines is 1. The Balaban J connectivity index is 1.94. The van der Waals surface area contributed by atoms with Crippen LogP contribution in [0.4, 0.5) is 5.69 Å². The maximum Gasteiger partial charge on any atom is 0.304 e. The molecule has 0 aliphatic rings. The molecule has 0 aliphatic carbocycles. The Morgan fingerprint density at radius 1 is 1.39 bits per heavy atom. The van der Waals surface area contributed by atoms with Crippen molar-refractivity contribution in [2.75, 3.05) is 11.1 Å². The third-order valence-electron chi connectivity index (χ3n) is 3.09. The molecule has 0 bridgehead atoms. The van der Waals surface area contributed by atoms with E-state index in [9.17, 15) is 9.59 Å². The fourth-order valence-corrected chi connectivity index (χ4v) is 2.86. The molecular formula is C16H18N2O4S. The molecule has 0 atom stereocenters. The Kier molecular flexibility index (Phi) is 6.22. The summed E-state index contributed by atoms with van der Waals surface area (Å²) in [7, 11) is 0. The average Bonchev–Trinajstić information content (AvgIpc) is 3.00. The molecule has 1 heterocycles. The van der Waals surface area contributed by atoms with Gasteiger partial charge in [0.15, 0.2) is 12.1 Å². The molecule has 7 heteroatoms. The molecule has 2 N–H and O–H groups in total. The Morgan fingerprint density at radius 2 is 2.22 bits per heavy atom. The first-order valence-electron chi connectivity index (χ1n) is 7.22. The van der Waals surface area contributed by atoms with Crippen LogP contribution in [0.5, 0.6) is 0 Å². The van der Waals surface area contributed by atoms with Crippen LogP contribution in [0.15, 0.2) is 35.1 Å². The number of aromatic nitrogens is 1. The first kappa shape index (κ1) is 17.1. The topological polar surface area (TPSA) is 92.4 Å². The highest BCUT2D eigenvalue weighted by atomic mass is 32.2. The number of oxazole rings is 1. The van der Waals surface area contributed by atoms with Crippen LogP contribution in [0.3, 0.4) is 0 Å². The fourth-order valence-electron chi connectivity index (χ4n) is 1.99. The zero-order valence-corrected chi connectivity index (χ0v) is 13.6. The highest BCUT2D eigenvalue weighted by Crippen LogP contribution is 2.18. The second kappa shape index (κ2) is 8.38. The monoisotopic (exact) mass is 334 g/mol. The number of rotatable bonds is 8. The van der Waals surface area contributed by atoms with Gasteiger partial charge in [-0.05, 0) is 17.7 Å². The van der Waals surface area contributed by atoms with E-state index in [1.54, 1.807) is 17.8 Å². The molecule has 0 fully saturated rings. The van der Waals surface area contributed by atoms with Gasteiger partial charge >= 0.3 is 5.97 Å². The lowest BCUT2D eigenvalue weighted by atomic mass is 10.2. The van der Waals surface area contributed by atoms with Crippen molar-refractivity contribution in [3.8, 4) is 0 Å². The van der Waals surface area contributed by atoms with E-state index in [4.69, 9.17) is 9.52 Å². The minimum atomic E-state index is -0.794. The molecule has 0 saturated carbocycles. The van der Waals surface area contributed by atoms with Crippen LogP contribution < -0.4 is 5.32 Å². The Bertz CT molecular complexity index is 684. The Morgan fingerprint density at radius 3 is 2.96 bits per heavy atom. The van der Waals surface area contributed by atoms with Gasteiger partial charge in [-0.15, -0.1) is 0 Å². The quantitative estimate of drug-likeness (QED) is 0.720. The number of hydrogen-bond acceptors (Lipinski definition) is 5. The van der Waals surface area contributed by atoms with Crippen LogP contribution in [0.1, 0.15) is 35.2 Å². The Labute approximate surface area is 138 Å². The second-order valence-corrected chi connectivity index (χ2v) is 5.93. The van der Waals surface area contributed by atoms with E-state index < -0.39 is 5.97 Å². The van der Waals surface area contributed by atoms with E-state index in [0.29, 0.717) is 35.1 Å². The molecular weight excluding hydrogens is 316 g/mol. The van der Waals surface area contributed by atoms with E-state index in [2.05, 4.69) is 10.3 Å². The summed E-state index contributed by atoms with van der Waals surface area (Å²) in [5.41, 5.74) is 2.00. The second-order valence-electron chi connectivity index (χ2n) is 4.83. The molecule has 0 spiro atoms. The summed E-state index contributed by atoms with van der Waals surface area (Å²) in [5, 5.41) is 11.4. The third kappa shape index (κ3) is 5.14. The van der Waals surface area contributed by atoms with Gasteiger partial charge in [-0.2, -0.15) is 11.8 Å². The maximum absolute atomic E-state index is 12.2. The molecule has 1 aromatic carbocycles. The van der Waals surface area contributed by atoms with Gasteiger partial charge in [-0.3, -0.25) is 9.59 Å². The van der Waals surface area contributed by atoms with E-state index in [0.717, 1.165) is 5.56 Å². The number of carboxylic acid groups (broad SMARTS) is 1. The van der Waals surface area contributed by atoms with Crippen molar-refractivity contribution in [1.29, 1.82) is 0 Å². The van der Waals surface area contributed by atoms with E-state index >= 15 is 0 Å². The molecule has 122 valence electrons. The number of aryl methyl sites for hydroxylation is 1. The summed E-state index contributed by atoms with van der Waals surface area (Å²) < 4.78 is 5.16. The van der Waals surface area contributed by atoms with Crippen LogP contribution in [-0.4, -0.2) is 27.7 Å². The van der Waals surface area contributed by atoms with Crippen LogP contribution >= 0.6 is 11.8 Å². The van der Waals surface area contributed by atoms with Crippen LogP contribution in [0.2, 0.25) is 0 Å². The minimum absolute atomic E-state index is 0.146. The fraction of sp³-hybridized carbons (Fsp3) is 0.312. The summed E-state index contributed by atoms with van der Waals surface area (Å²) in [6, 6.07) is 7.47. The molecule has 0 aliphatic heterocycles. The molecule has 1 amide bonds. The van der Waals surface area contributed by atoms with Gasteiger partial charge in [0, 0.05) is 23.6 Å². The van der Waals surface area contributed by atoms with Gasteiger partial charge in [0.25, 0.3) is 5.91 Å². The standard InChI is InChI=1S/C16H18N2O4S/c1-2-13-15(17-10-22-13)16(21)18-12-5-3-4-11(8-12)9-23-7-6-14(19)20/h3-5,8,10H,2,6-7,9H2,1H3,(H,18,21)(H,19,20). The first-order chi connectivity index (χ1) is 11.1. The zero-order valence-electron chi connectivity index (χ0n) is 12.7. The molecule has 0 radical (unpaired) electrons. The number of nitrogens with one attached hydrogen (secondary N) is 1.